The maximum absolute atomic E-state index is 13.3. The Morgan fingerprint density at radius 1 is 1.37 bits per heavy atom. The highest BCUT2D eigenvalue weighted by atomic mass is 35.5. The molecule has 1 N–H and O–H groups in total. The molecule has 3 nitrogen and oxygen atoms in total. The average Bonchev–Trinajstić information content (AvgIpc) is 3.18. The first-order valence-electron chi connectivity index (χ1n) is 5.56. The van der Waals surface area contributed by atoms with Gasteiger partial charge in [-0.1, -0.05) is 23.2 Å². The van der Waals surface area contributed by atoms with Crippen molar-refractivity contribution in [3.8, 4) is 0 Å². The number of allylic oxidation sites excluding steroid dienone is 1. The molecular weight excluding hydrogens is 292 g/mol. The second-order valence-corrected chi connectivity index (χ2v) is 4.99. The molecular formula is C13H9Cl2FNO2. The van der Waals surface area contributed by atoms with E-state index in [2.05, 4.69) is 5.32 Å². The first kappa shape index (κ1) is 14.0. The smallest absolute Gasteiger partial charge is 0.239 e. The van der Waals surface area contributed by atoms with Crippen LogP contribution in [-0.2, 0) is 4.79 Å². The van der Waals surface area contributed by atoms with Gasteiger partial charge in [0.1, 0.15) is 5.82 Å². The molecule has 0 aromatic heterocycles. The number of nitrogens with one attached hydrogen (secondary N) is 1. The first-order valence-corrected chi connectivity index (χ1v) is 6.32. The first-order chi connectivity index (χ1) is 9.02. The number of Topliss-reactive ketones (excluding diaryl/α,β-unsaturated/α-hetero) is 1. The summed E-state index contributed by atoms with van der Waals surface area (Å²) < 4.78 is 13.3. The Morgan fingerprint density at radius 2 is 2.05 bits per heavy atom. The summed E-state index contributed by atoms with van der Waals surface area (Å²) >= 11 is 11.4. The van der Waals surface area contributed by atoms with Crippen LogP contribution in [0.1, 0.15) is 23.2 Å². The van der Waals surface area contributed by atoms with E-state index in [4.69, 9.17) is 23.2 Å². The maximum Gasteiger partial charge on any atom is 0.239 e. The second kappa shape index (κ2) is 5.72. The van der Waals surface area contributed by atoms with Crippen LogP contribution in [0.2, 0.25) is 10.0 Å². The van der Waals surface area contributed by atoms with E-state index in [1.165, 1.54) is 12.5 Å². The lowest BCUT2D eigenvalue weighted by molar-refractivity contribution is 0.103. The number of hydrogen-bond donors (Lipinski definition) is 1. The molecule has 1 radical (unpaired) electrons. The largest absolute Gasteiger partial charge is 0.387 e. The molecule has 0 bridgehead atoms. The van der Waals surface area contributed by atoms with Crippen LogP contribution in [0.3, 0.4) is 0 Å². The molecule has 0 unspecified atom stereocenters. The predicted molar refractivity (Wildman–Crippen MR) is 70.7 cm³/mol. The van der Waals surface area contributed by atoms with E-state index < -0.39 is 11.6 Å². The third-order valence-electron chi connectivity index (χ3n) is 2.65. The van der Waals surface area contributed by atoms with E-state index in [1.54, 1.807) is 0 Å². The van der Waals surface area contributed by atoms with Crippen LogP contribution < -0.4 is 5.32 Å². The lowest BCUT2D eigenvalue weighted by atomic mass is 10.0. The molecule has 0 aliphatic heterocycles. The van der Waals surface area contributed by atoms with E-state index >= 15 is 0 Å². The number of benzene rings is 1. The van der Waals surface area contributed by atoms with Gasteiger partial charge in [0.2, 0.25) is 6.29 Å². The fourth-order valence-corrected chi connectivity index (χ4v) is 1.90. The molecule has 1 aromatic rings. The van der Waals surface area contributed by atoms with Crippen molar-refractivity contribution >= 4 is 35.3 Å². The highest BCUT2D eigenvalue weighted by molar-refractivity contribution is 6.38. The van der Waals surface area contributed by atoms with Gasteiger partial charge in [-0.05, 0) is 25.0 Å². The Morgan fingerprint density at radius 3 is 2.63 bits per heavy atom. The molecule has 19 heavy (non-hydrogen) atoms. The minimum Gasteiger partial charge on any atom is -0.387 e. The van der Waals surface area contributed by atoms with Crippen molar-refractivity contribution in [1.29, 1.82) is 0 Å². The van der Waals surface area contributed by atoms with E-state index in [0.717, 1.165) is 25.0 Å². The number of rotatable bonds is 5. The summed E-state index contributed by atoms with van der Waals surface area (Å²) in [6.45, 7) is 0. The number of carbonyl (C=O) groups is 1. The zero-order valence-electron chi connectivity index (χ0n) is 9.67. The number of carbonyl (C=O) groups excluding carboxylic acids is 2. The van der Waals surface area contributed by atoms with Gasteiger partial charge >= 0.3 is 0 Å². The van der Waals surface area contributed by atoms with Crippen LogP contribution in [0, 0.1) is 5.82 Å². The standard InChI is InChI=1S/C13H9Cl2FNO2/c14-10-4-11(15)12(16)3-9(10)13(19)7(6-18)5-17-8-1-2-8/h3-5,8,17H,1-2H2. The van der Waals surface area contributed by atoms with Gasteiger partial charge in [0, 0.05) is 17.8 Å². The highest BCUT2D eigenvalue weighted by Crippen LogP contribution is 2.26. The van der Waals surface area contributed by atoms with E-state index in [0.29, 0.717) is 0 Å². The fraction of sp³-hybridized carbons (Fsp3) is 0.231. The molecule has 1 aliphatic rings. The van der Waals surface area contributed by atoms with E-state index in [9.17, 15) is 14.0 Å². The minimum atomic E-state index is -0.769. The van der Waals surface area contributed by atoms with Crippen molar-refractivity contribution in [3.05, 3.63) is 45.3 Å². The SMILES string of the molecule is O=[C]C(=CNC1CC1)C(=O)c1cc(F)c(Cl)cc1Cl. The highest BCUT2D eigenvalue weighted by Gasteiger charge is 2.22. The number of ketones is 1. The van der Waals surface area contributed by atoms with Crippen molar-refractivity contribution in [2.45, 2.75) is 18.9 Å². The lowest BCUT2D eigenvalue weighted by Gasteiger charge is -2.05. The molecule has 1 aromatic carbocycles. The Kier molecular flexibility index (Phi) is 4.22. The molecule has 0 amide bonds. The van der Waals surface area contributed by atoms with E-state index in [-0.39, 0.29) is 27.2 Å². The van der Waals surface area contributed by atoms with Crippen molar-refractivity contribution in [1.82, 2.24) is 5.32 Å². The maximum atomic E-state index is 13.3. The van der Waals surface area contributed by atoms with Gasteiger partial charge in [-0.3, -0.25) is 9.59 Å². The number of hydrogen-bond acceptors (Lipinski definition) is 3. The molecule has 0 heterocycles. The predicted octanol–water partition coefficient (Wildman–Crippen LogP) is 3.06. The third kappa shape index (κ3) is 3.33. The molecule has 1 fully saturated rings. The van der Waals surface area contributed by atoms with Crippen LogP contribution in [0.25, 0.3) is 0 Å². The van der Waals surface area contributed by atoms with Crippen LogP contribution in [0.5, 0.6) is 0 Å². The van der Waals surface area contributed by atoms with Crippen LogP contribution >= 0.6 is 23.2 Å². The van der Waals surface area contributed by atoms with Gasteiger partial charge in [-0.2, -0.15) is 0 Å². The summed E-state index contributed by atoms with van der Waals surface area (Å²) in [5.41, 5.74) is -0.341. The summed E-state index contributed by atoms with van der Waals surface area (Å²) in [6, 6.07) is 2.33. The van der Waals surface area contributed by atoms with Gasteiger partial charge in [-0.15, -0.1) is 0 Å². The number of halogens is 3. The summed E-state index contributed by atoms with van der Waals surface area (Å²) in [5.74, 6) is -1.46. The fourth-order valence-electron chi connectivity index (χ4n) is 1.43. The van der Waals surface area contributed by atoms with Gasteiger partial charge in [-0.25, -0.2) is 4.39 Å². The third-order valence-corrected chi connectivity index (χ3v) is 3.25. The minimum absolute atomic E-state index is 0.0102. The van der Waals surface area contributed by atoms with Crippen LogP contribution in [-0.4, -0.2) is 18.1 Å². The zero-order valence-corrected chi connectivity index (χ0v) is 11.2. The van der Waals surface area contributed by atoms with Crippen molar-refractivity contribution in [2.75, 3.05) is 0 Å². The molecule has 1 saturated carbocycles. The van der Waals surface area contributed by atoms with Crippen molar-refractivity contribution in [2.24, 2.45) is 0 Å². The van der Waals surface area contributed by atoms with Crippen LogP contribution in [0.4, 0.5) is 4.39 Å². The molecule has 6 heteroatoms. The summed E-state index contributed by atoms with van der Waals surface area (Å²) in [7, 11) is 0. The molecule has 99 valence electrons. The summed E-state index contributed by atoms with van der Waals surface area (Å²) in [5, 5.41) is 2.70. The van der Waals surface area contributed by atoms with Crippen molar-refractivity contribution in [3.63, 3.8) is 0 Å². The lowest BCUT2D eigenvalue weighted by Crippen LogP contribution is -2.14. The second-order valence-electron chi connectivity index (χ2n) is 4.18. The molecule has 0 atom stereocenters. The quantitative estimate of drug-likeness (QED) is 0.299. The van der Waals surface area contributed by atoms with Crippen molar-refractivity contribution < 1.29 is 14.0 Å². The monoisotopic (exact) mass is 300 g/mol. The molecule has 2 rings (SSSR count). The van der Waals surface area contributed by atoms with Gasteiger partial charge < -0.3 is 5.32 Å². The van der Waals surface area contributed by atoms with Crippen LogP contribution in [0.15, 0.2) is 23.9 Å². The Hall–Kier alpha value is -1.39. The van der Waals surface area contributed by atoms with E-state index in [1.807, 2.05) is 0 Å². The van der Waals surface area contributed by atoms with Gasteiger partial charge in [0.05, 0.1) is 15.6 Å². The Bertz CT molecular complexity index is 568. The Balaban J connectivity index is 2.28. The molecule has 1 aliphatic carbocycles. The average molecular weight is 301 g/mol. The summed E-state index contributed by atoms with van der Waals surface area (Å²) in [4.78, 5) is 22.8. The molecule has 0 spiro atoms. The topological polar surface area (TPSA) is 46.2 Å². The Labute approximate surface area is 119 Å². The summed E-state index contributed by atoms with van der Waals surface area (Å²) in [6.07, 6.45) is 4.80. The normalized spacial score (nSPS) is 15.2. The van der Waals surface area contributed by atoms with Gasteiger partial charge in [0.15, 0.2) is 5.78 Å². The molecule has 0 saturated heterocycles. The zero-order chi connectivity index (χ0) is 14.0. The van der Waals surface area contributed by atoms with Gasteiger partial charge in [0.25, 0.3) is 0 Å².